The van der Waals surface area contributed by atoms with Crippen LogP contribution in [0.4, 0.5) is 8.78 Å². The van der Waals surface area contributed by atoms with Crippen molar-refractivity contribution in [3.63, 3.8) is 0 Å². The molecule has 0 spiro atoms. The standard InChI is InChI=1S/C12H12ClF2N3O2/c1-7(19)4-8-6-18(17-16-8)9-2-3-10(13)11(5-9)20-12(14)15/h2-3,5-7,12,19H,4H2,1H3/t7-/m1/s1. The predicted octanol–water partition coefficient (Wildman–Crippen LogP) is 2.45. The van der Waals surface area contributed by atoms with Crippen LogP contribution in [-0.2, 0) is 6.42 Å². The Morgan fingerprint density at radius 2 is 2.20 bits per heavy atom. The number of aliphatic hydroxyl groups is 1. The molecule has 0 bridgehead atoms. The summed E-state index contributed by atoms with van der Waals surface area (Å²) in [5.41, 5.74) is 1.07. The lowest BCUT2D eigenvalue weighted by atomic mass is 10.2. The molecule has 2 aromatic rings. The van der Waals surface area contributed by atoms with E-state index in [0.29, 0.717) is 17.8 Å². The number of nitrogens with zero attached hydrogens (tertiary/aromatic N) is 3. The highest BCUT2D eigenvalue weighted by Crippen LogP contribution is 2.28. The third-order valence-corrected chi connectivity index (χ3v) is 2.75. The Hall–Kier alpha value is -1.73. The van der Waals surface area contributed by atoms with Gasteiger partial charge in [0.15, 0.2) is 0 Å². The first-order valence-corrected chi connectivity index (χ1v) is 6.17. The van der Waals surface area contributed by atoms with Gasteiger partial charge in [0, 0.05) is 12.5 Å². The molecular weight excluding hydrogens is 292 g/mol. The molecule has 0 aliphatic heterocycles. The molecule has 2 rings (SSSR count). The third kappa shape index (κ3) is 3.64. The van der Waals surface area contributed by atoms with E-state index in [-0.39, 0.29) is 10.8 Å². The van der Waals surface area contributed by atoms with E-state index in [0.717, 1.165) is 0 Å². The number of benzene rings is 1. The van der Waals surface area contributed by atoms with Crippen LogP contribution in [0.5, 0.6) is 5.75 Å². The average molecular weight is 304 g/mol. The Bertz CT molecular complexity index is 590. The summed E-state index contributed by atoms with van der Waals surface area (Å²) in [4.78, 5) is 0. The van der Waals surface area contributed by atoms with E-state index in [1.165, 1.54) is 16.8 Å². The third-order valence-electron chi connectivity index (χ3n) is 2.44. The van der Waals surface area contributed by atoms with E-state index in [1.54, 1.807) is 19.2 Å². The Morgan fingerprint density at radius 3 is 2.85 bits per heavy atom. The van der Waals surface area contributed by atoms with Gasteiger partial charge in [0.25, 0.3) is 0 Å². The van der Waals surface area contributed by atoms with Gasteiger partial charge in [-0.2, -0.15) is 8.78 Å². The fourth-order valence-electron chi connectivity index (χ4n) is 1.64. The van der Waals surface area contributed by atoms with Gasteiger partial charge < -0.3 is 9.84 Å². The first kappa shape index (κ1) is 14.7. The van der Waals surface area contributed by atoms with Crippen LogP contribution < -0.4 is 4.74 Å². The van der Waals surface area contributed by atoms with E-state index in [1.807, 2.05) is 0 Å². The minimum atomic E-state index is -2.95. The topological polar surface area (TPSA) is 60.2 Å². The van der Waals surface area contributed by atoms with Crippen molar-refractivity contribution in [2.24, 2.45) is 0 Å². The molecule has 1 aromatic heterocycles. The van der Waals surface area contributed by atoms with Crippen molar-refractivity contribution in [2.75, 3.05) is 0 Å². The maximum absolute atomic E-state index is 12.2. The monoisotopic (exact) mass is 303 g/mol. The molecule has 0 saturated carbocycles. The van der Waals surface area contributed by atoms with E-state index in [2.05, 4.69) is 15.0 Å². The smallest absolute Gasteiger partial charge is 0.387 e. The van der Waals surface area contributed by atoms with Crippen LogP contribution in [0.25, 0.3) is 5.69 Å². The summed E-state index contributed by atoms with van der Waals surface area (Å²) in [6.45, 7) is -1.32. The Morgan fingerprint density at radius 1 is 1.45 bits per heavy atom. The average Bonchev–Trinajstić information content (AvgIpc) is 2.79. The van der Waals surface area contributed by atoms with Gasteiger partial charge in [0.05, 0.1) is 28.7 Å². The molecule has 1 atom stereocenters. The molecule has 1 heterocycles. The van der Waals surface area contributed by atoms with Crippen LogP contribution in [0.3, 0.4) is 0 Å². The molecule has 0 aliphatic rings. The van der Waals surface area contributed by atoms with Crippen molar-refractivity contribution in [1.29, 1.82) is 0 Å². The van der Waals surface area contributed by atoms with Crippen LogP contribution in [0.1, 0.15) is 12.6 Å². The summed E-state index contributed by atoms with van der Waals surface area (Å²) < 4.78 is 30.2. The van der Waals surface area contributed by atoms with Crippen LogP contribution in [0, 0.1) is 0 Å². The fourth-order valence-corrected chi connectivity index (χ4v) is 1.80. The van der Waals surface area contributed by atoms with Gasteiger partial charge in [-0.3, -0.25) is 0 Å². The van der Waals surface area contributed by atoms with Crippen LogP contribution in [-0.4, -0.2) is 32.8 Å². The van der Waals surface area contributed by atoms with Gasteiger partial charge in [-0.15, -0.1) is 5.10 Å². The van der Waals surface area contributed by atoms with Gasteiger partial charge in [0.1, 0.15) is 5.75 Å². The molecular formula is C12H12ClF2N3O2. The zero-order valence-corrected chi connectivity index (χ0v) is 11.3. The van der Waals surface area contributed by atoms with E-state index in [9.17, 15) is 13.9 Å². The predicted molar refractivity (Wildman–Crippen MR) is 68.4 cm³/mol. The maximum Gasteiger partial charge on any atom is 0.387 e. The van der Waals surface area contributed by atoms with Gasteiger partial charge in [-0.25, -0.2) is 4.68 Å². The number of aliphatic hydroxyl groups excluding tert-OH is 1. The summed E-state index contributed by atoms with van der Waals surface area (Å²) in [5.74, 6) is -0.133. The van der Waals surface area contributed by atoms with E-state index < -0.39 is 12.7 Å². The van der Waals surface area contributed by atoms with Gasteiger partial charge >= 0.3 is 6.61 Å². The number of hydrogen-bond acceptors (Lipinski definition) is 4. The van der Waals surface area contributed by atoms with Crippen molar-refractivity contribution in [3.05, 3.63) is 35.1 Å². The Labute approximate surface area is 118 Å². The highest BCUT2D eigenvalue weighted by molar-refractivity contribution is 6.32. The Balaban J connectivity index is 2.26. The SMILES string of the molecule is C[C@@H](O)Cc1cn(-c2ccc(Cl)c(OC(F)F)c2)nn1. The molecule has 1 aromatic carbocycles. The molecule has 0 saturated heterocycles. The molecule has 20 heavy (non-hydrogen) atoms. The second-order valence-corrected chi connectivity index (χ2v) is 4.61. The van der Waals surface area contributed by atoms with Crippen LogP contribution in [0.2, 0.25) is 5.02 Å². The molecule has 5 nitrogen and oxygen atoms in total. The molecule has 0 radical (unpaired) electrons. The Kier molecular flexibility index (Phi) is 4.51. The van der Waals surface area contributed by atoms with Crippen LogP contribution >= 0.6 is 11.6 Å². The summed E-state index contributed by atoms with van der Waals surface area (Å²) in [5, 5.41) is 17.1. The number of halogens is 3. The zero-order valence-electron chi connectivity index (χ0n) is 10.5. The van der Waals surface area contributed by atoms with Gasteiger partial charge in [-0.05, 0) is 19.1 Å². The second kappa shape index (κ2) is 6.15. The lowest BCUT2D eigenvalue weighted by molar-refractivity contribution is -0.0497. The number of aromatic nitrogens is 3. The summed E-state index contributed by atoms with van der Waals surface area (Å²) in [7, 11) is 0. The first-order chi connectivity index (χ1) is 9.45. The molecule has 0 aliphatic carbocycles. The lowest BCUT2D eigenvalue weighted by Gasteiger charge is -2.08. The van der Waals surface area contributed by atoms with Crippen LogP contribution in [0.15, 0.2) is 24.4 Å². The van der Waals surface area contributed by atoms with Crippen molar-refractivity contribution in [3.8, 4) is 11.4 Å². The minimum Gasteiger partial charge on any atom is -0.433 e. The number of alkyl halides is 2. The fraction of sp³-hybridized carbons (Fsp3) is 0.333. The zero-order chi connectivity index (χ0) is 14.7. The van der Waals surface area contributed by atoms with Crippen molar-refractivity contribution >= 4 is 11.6 Å². The van der Waals surface area contributed by atoms with E-state index in [4.69, 9.17) is 11.6 Å². The molecule has 0 amide bonds. The minimum absolute atomic E-state index is 0.0818. The first-order valence-electron chi connectivity index (χ1n) is 5.79. The normalized spacial score (nSPS) is 12.7. The van der Waals surface area contributed by atoms with Crippen molar-refractivity contribution in [2.45, 2.75) is 26.1 Å². The summed E-state index contributed by atoms with van der Waals surface area (Å²) in [6, 6.07) is 4.38. The number of rotatable bonds is 5. The molecule has 108 valence electrons. The maximum atomic E-state index is 12.2. The number of hydrogen-bond donors (Lipinski definition) is 1. The van der Waals surface area contributed by atoms with Gasteiger partial charge in [0.2, 0.25) is 0 Å². The highest BCUT2D eigenvalue weighted by Gasteiger charge is 2.11. The van der Waals surface area contributed by atoms with Crippen molar-refractivity contribution < 1.29 is 18.6 Å². The number of ether oxygens (including phenoxy) is 1. The summed E-state index contributed by atoms with van der Waals surface area (Å²) in [6.07, 6.45) is 1.42. The van der Waals surface area contributed by atoms with E-state index >= 15 is 0 Å². The molecule has 1 N–H and O–H groups in total. The lowest BCUT2D eigenvalue weighted by Crippen LogP contribution is -2.04. The molecule has 0 unspecified atom stereocenters. The van der Waals surface area contributed by atoms with Gasteiger partial charge in [-0.1, -0.05) is 16.8 Å². The summed E-state index contributed by atoms with van der Waals surface area (Å²) >= 11 is 5.77. The quantitative estimate of drug-likeness (QED) is 0.921. The highest BCUT2D eigenvalue weighted by atomic mass is 35.5. The largest absolute Gasteiger partial charge is 0.433 e. The molecule has 0 fully saturated rings. The van der Waals surface area contributed by atoms with Crippen molar-refractivity contribution in [1.82, 2.24) is 15.0 Å². The second-order valence-electron chi connectivity index (χ2n) is 4.20. The molecule has 8 heteroatoms.